The molecule has 0 spiro atoms. The third-order valence-electron chi connectivity index (χ3n) is 8.63. The lowest BCUT2D eigenvalue weighted by Gasteiger charge is -2.46. The van der Waals surface area contributed by atoms with Crippen LogP contribution in [0.25, 0.3) is 22.5 Å². The molecule has 8 atom stereocenters. The van der Waals surface area contributed by atoms with Crippen LogP contribution in [0.5, 0.6) is 0 Å². The summed E-state index contributed by atoms with van der Waals surface area (Å²) in [4.78, 5) is 25.7. The van der Waals surface area contributed by atoms with Crippen LogP contribution >= 0.6 is 11.8 Å². The summed E-state index contributed by atoms with van der Waals surface area (Å²) in [6, 6.07) is 4.87. The van der Waals surface area contributed by atoms with Gasteiger partial charge in [-0.3, -0.25) is 4.79 Å². The Balaban J connectivity index is 1.32. The normalized spacial score (nSPS) is 26.7. The van der Waals surface area contributed by atoms with Crippen molar-refractivity contribution < 1.29 is 57.1 Å². The van der Waals surface area contributed by atoms with Gasteiger partial charge in [0.25, 0.3) is 0 Å². The van der Waals surface area contributed by atoms with Crippen molar-refractivity contribution in [2.24, 2.45) is 0 Å². The molecule has 6 rings (SSSR count). The van der Waals surface area contributed by atoms with Gasteiger partial charge in [-0.05, 0) is 24.3 Å². The molecule has 0 unspecified atom stereocenters. The van der Waals surface area contributed by atoms with E-state index < -0.39 is 89.6 Å². The van der Waals surface area contributed by atoms with Gasteiger partial charge >= 0.3 is 5.97 Å². The molecule has 2 saturated heterocycles. The molecule has 15 nitrogen and oxygen atoms in total. The Hall–Kier alpha value is -4.47. The number of carboxylic acids is 1. The maximum absolute atomic E-state index is 14.0. The molecule has 2 fully saturated rings. The van der Waals surface area contributed by atoms with Crippen LogP contribution in [0.4, 0.5) is 17.6 Å². The molecule has 0 saturated carbocycles. The molecule has 2 aromatic carbocycles. The van der Waals surface area contributed by atoms with E-state index in [1.54, 1.807) is 6.07 Å². The standard InChI is InChI=1S/C31H31F4N7O8S/c1-14(44)40-10-22(41-8-20(36-38-41)15-3-2-4-17(32)5-15)28(47)24(11-40)51-31-30(49-13-25(45)46)27(29(48)23(12-43)50-31)42-9-21(37-39-42)16-6-18(33)26(35)19(34)7-16/h2-9,22-24,27-31,43,47-48H,10-13H2,1H3,(H,45,46)/t22-,23+,24+,27-,28+,29-,30+,31-/m0/s1. The second kappa shape index (κ2) is 15.0. The molecule has 4 N–H and O–H groups in total. The largest absolute Gasteiger partial charge is 0.480 e. The van der Waals surface area contributed by atoms with Gasteiger partial charge in [-0.25, -0.2) is 31.7 Å². The van der Waals surface area contributed by atoms with Crippen LogP contribution in [0.3, 0.4) is 0 Å². The molecule has 2 aliphatic rings. The van der Waals surface area contributed by atoms with E-state index in [1.165, 1.54) is 47.1 Å². The van der Waals surface area contributed by atoms with Crippen LogP contribution in [-0.2, 0) is 19.1 Å². The first-order chi connectivity index (χ1) is 24.3. The Bertz CT molecular complexity index is 1880. The van der Waals surface area contributed by atoms with Crippen molar-refractivity contribution in [3.8, 4) is 22.5 Å². The SMILES string of the molecule is CC(=O)N1C[C@@H](S[C@@H]2O[C@H](CO)[C@H](O)[C@H](n3cc(-c4cc(F)c(F)c(F)c4)nn3)[C@H]2OCC(=O)O)[C@H](O)[C@@H](n2cc(-c3cccc(F)c3)nn2)C1. The summed E-state index contributed by atoms with van der Waals surface area (Å²) >= 11 is 0.943. The fourth-order valence-electron chi connectivity index (χ4n) is 6.07. The summed E-state index contributed by atoms with van der Waals surface area (Å²) in [5.74, 6) is -6.86. The summed E-state index contributed by atoms with van der Waals surface area (Å²) < 4.78 is 69.6. The molecular formula is C31H31F4N7O8S. The summed E-state index contributed by atoms with van der Waals surface area (Å²) in [6.07, 6.45) is -2.85. The van der Waals surface area contributed by atoms with E-state index in [1.807, 2.05) is 0 Å². The van der Waals surface area contributed by atoms with Gasteiger partial charge in [-0.1, -0.05) is 22.6 Å². The monoisotopic (exact) mass is 737 g/mol. The summed E-state index contributed by atoms with van der Waals surface area (Å²) in [5.41, 5.74) is -0.818. The van der Waals surface area contributed by atoms with E-state index in [9.17, 15) is 47.6 Å². The molecule has 0 aliphatic carbocycles. The minimum Gasteiger partial charge on any atom is -0.480 e. The first-order valence-electron chi connectivity index (χ1n) is 15.5. The average molecular weight is 738 g/mol. The van der Waals surface area contributed by atoms with Crippen molar-refractivity contribution in [2.45, 2.75) is 54.1 Å². The van der Waals surface area contributed by atoms with Crippen molar-refractivity contribution in [1.82, 2.24) is 34.9 Å². The number of carbonyl (C=O) groups excluding carboxylic acids is 1. The van der Waals surface area contributed by atoms with Crippen molar-refractivity contribution in [2.75, 3.05) is 26.3 Å². The number of aliphatic carboxylic acids is 1. The number of hydrogen-bond donors (Lipinski definition) is 4. The number of aliphatic hydroxyl groups excluding tert-OH is 3. The highest BCUT2D eigenvalue weighted by atomic mass is 32.2. The zero-order valence-electron chi connectivity index (χ0n) is 26.5. The number of carbonyl (C=O) groups is 2. The maximum Gasteiger partial charge on any atom is 0.329 e. The molecule has 20 heteroatoms. The number of nitrogens with zero attached hydrogens (tertiary/aromatic N) is 7. The molecule has 2 aromatic heterocycles. The fourth-order valence-corrected chi connectivity index (χ4v) is 7.62. The quantitative estimate of drug-likeness (QED) is 0.135. The number of aliphatic hydroxyl groups is 3. The Morgan fingerprint density at radius 2 is 1.63 bits per heavy atom. The first-order valence-corrected chi connectivity index (χ1v) is 16.4. The Kier molecular flexibility index (Phi) is 10.7. The van der Waals surface area contributed by atoms with Crippen molar-refractivity contribution in [3.05, 3.63) is 72.1 Å². The van der Waals surface area contributed by atoms with Gasteiger partial charge in [0.2, 0.25) is 5.91 Å². The third kappa shape index (κ3) is 7.60. The van der Waals surface area contributed by atoms with E-state index >= 15 is 0 Å². The van der Waals surface area contributed by atoms with Crippen LogP contribution in [0.1, 0.15) is 19.0 Å². The highest BCUT2D eigenvalue weighted by molar-refractivity contribution is 8.00. The predicted octanol–water partition coefficient (Wildman–Crippen LogP) is 1.42. The Labute approximate surface area is 290 Å². The molecule has 0 bridgehead atoms. The lowest BCUT2D eigenvalue weighted by molar-refractivity contribution is -0.197. The minimum atomic E-state index is -1.69. The van der Waals surface area contributed by atoms with E-state index in [2.05, 4.69) is 20.6 Å². The Morgan fingerprint density at radius 1 is 0.961 bits per heavy atom. The lowest BCUT2D eigenvalue weighted by Crippen LogP contribution is -2.58. The van der Waals surface area contributed by atoms with Gasteiger partial charge in [-0.15, -0.1) is 22.0 Å². The average Bonchev–Trinajstić information content (AvgIpc) is 3.78. The highest BCUT2D eigenvalue weighted by Gasteiger charge is 2.50. The molecule has 1 amide bonds. The molecular weight excluding hydrogens is 706 g/mol. The second-order valence-electron chi connectivity index (χ2n) is 12.0. The van der Waals surface area contributed by atoms with Crippen LogP contribution in [-0.4, -0.2) is 129 Å². The predicted molar refractivity (Wildman–Crippen MR) is 168 cm³/mol. The van der Waals surface area contributed by atoms with Crippen molar-refractivity contribution in [3.63, 3.8) is 0 Å². The van der Waals surface area contributed by atoms with Gasteiger partial charge in [0.1, 0.15) is 53.6 Å². The molecule has 2 aliphatic heterocycles. The molecule has 4 heterocycles. The maximum atomic E-state index is 14.0. The number of aromatic nitrogens is 6. The van der Waals surface area contributed by atoms with E-state index in [0.29, 0.717) is 23.4 Å². The zero-order valence-corrected chi connectivity index (χ0v) is 27.4. The topological polar surface area (TPSA) is 198 Å². The van der Waals surface area contributed by atoms with Gasteiger partial charge in [-0.2, -0.15) is 0 Å². The van der Waals surface area contributed by atoms with Gasteiger partial charge < -0.3 is 34.8 Å². The smallest absolute Gasteiger partial charge is 0.329 e. The summed E-state index contributed by atoms with van der Waals surface area (Å²) in [6.45, 7) is -0.266. The van der Waals surface area contributed by atoms with Crippen LogP contribution < -0.4 is 0 Å². The highest BCUT2D eigenvalue weighted by Crippen LogP contribution is 2.42. The lowest BCUT2D eigenvalue weighted by atomic mass is 9.97. The second-order valence-corrected chi connectivity index (χ2v) is 13.3. The van der Waals surface area contributed by atoms with Crippen LogP contribution in [0.15, 0.2) is 48.8 Å². The molecule has 0 radical (unpaired) electrons. The minimum absolute atomic E-state index is 0.0131. The van der Waals surface area contributed by atoms with E-state index in [4.69, 9.17) is 9.47 Å². The number of benzene rings is 2. The number of thioether (sulfide) groups is 1. The third-order valence-corrected chi connectivity index (χ3v) is 10.1. The first kappa shape index (κ1) is 36.3. The van der Waals surface area contributed by atoms with E-state index in [0.717, 1.165) is 16.4 Å². The molecule has 4 aromatic rings. The molecule has 51 heavy (non-hydrogen) atoms. The number of ether oxygens (including phenoxy) is 2. The molecule has 272 valence electrons. The van der Waals surface area contributed by atoms with Crippen LogP contribution in [0, 0.1) is 23.3 Å². The Morgan fingerprint density at radius 3 is 2.27 bits per heavy atom. The number of rotatable bonds is 10. The van der Waals surface area contributed by atoms with Crippen molar-refractivity contribution in [1.29, 1.82) is 0 Å². The fraction of sp³-hybridized carbons (Fsp3) is 0.419. The number of hydrogen-bond acceptors (Lipinski definition) is 12. The number of halogens is 4. The number of likely N-dealkylation sites (tertiary alicyclic amines) is 1. The summed E-state index contributed by atoms with van der Waals surface area (Å²) in [5, 5.41) is 57.8. The van der Waals surface area contributed by atoms with Gasteiger partial charge in [0.15, 0.2) is 17.5 Å². The van der Waals surface area contributed by atoms with E-state index in [-0.39, 0.29) is 30.3 Å². The number of piperidine rings is 1. The van der Waals surface area contributed by atoms with Crippen molar-refractivity contribution >= 4 is 23.6 Å². The van der Waals surface area contributed by atoms with Gasteiger partial charge in [0, 0.05) is 31.1 Å². The summed E-state index contributed by atoms with van der Waals surface area (Å²) in [7, 11) is 0. The van der Waals surface area contributed by atoms with Gasteiger partial charge in [0.05, 0.1) is 36.4 Å². The zero-order chi connectivity index (χ0) is 36.6. The van der Waals surface area contributed by atoms with Crippen LogP contribution in [0.2, 0.25) is 0 Å². The number of carboxylic acid groups (broad SMARTS) is 1. The number of amides is 1.